The van der Waals surface area contributed by atoms with Gasteiger partial charge in [0.1, 0.15) is 5.01 Å². The molecule has 0 aliphatic rings. The van der Waals surface area contributed by atoms with Crippen LogP contribution in [0.1, 0.15) is 28.3 Å². The minimum atomic E-state index is -0.0659. The summed E-state index contributed by atoms with van der Waals surface area (Å²) in [7, 11) is 1.82. The Morgan fingerprint density at radius 3 is 2.73 bits per heavy atom. The quantitative estimate of drug-likeness (QED) is 0.653. The Morgan fingerprint density at radius 1 is 1.23 bits per heavy atom. The second-order valence-electron chi connectivity index (χ2n) is 5.12. The van der Waals surface area contributed by atoms with Crippen LogP contribution < -0.4 is 0 Å². The number of halogens is 1. The molecule has 1 heterocycles. The summed E-state index contributed by atoms with van der Waals surface area (Å²) in [5.41, 5.74) is 1.66. The van der Waals surface area contributed by atoms with E-state index in [1.165, 1.54) is 0 Å². The summed E-state index contributed by atoms with van der Waals surface area (Å²) in [6, 6.07) is 15.4. The number of para-hydroxylation sites is 1. The molecule has 0 spiro atoms. The van der Waals surface area contributed by atoms with Gasteiger partial charge >= 0.3 is 0 Å². The molecule has 3 rings (SSSR count). The third kappa shape index (κ3) is 2.91. The van der Waals surface area contributed by atoms with Crippen molar-refractivity contribution in [2.75, 3.05) is 7.05 Å². The zero-order valence-electron chi connectivity index (χ0n) is 12.3. The highest BCUT2D eigenvalue weighted by molar-refractivity contribution is 9.10. The fraction of sp³-hybridized carbons (Fsp3) is 0.176. The lowest BCUT2D eigenvalue weighted by molar-refractivity contribution is 0.0742. The van der Waals surface area contributed by atoms with Gasteiger partial charge in [0.15, 0.2) is 0 Å². The van der Waals surface area contributed by atoms with E-state index in [0.717, 1.165) is 19.7 Å². The van der Waals surface area contributed by atoms with Crippen molar-refractivity contribution in [1.82, 2.24) is 9.88 Å². The van der Waals surface area contributed by atoms with Crippen LogP contribution in [-0.2, 0) is 0 Å². The molecule has 0 saturated carbocycles. The molecule has 0 N–H and O–H groups in total. The fourth-order valence-electron chi connectivity index (χ4n) is 2.24. The van der Waals surface area contributed by atoms with Gasteiger partial charge in [0.25, 0.3) is 5.91 Å². The minimum absolute atomic E-state index is 0.00643. The Balaban J connectivity index is 1.87. The molecule has 5 heteroatoms. The summed E-state index contributed by atoms with van der Waals surface area (Å²) in [5, 5.41) is 0.951. The van der Waals surface area contributed by atoms with Crippen LogP contribution in [0.4, 0.5) is 0 Å². The van der Waals surface area contributed by atoms with Crippen LogP contribution in [0.2, 0.25) is 0 Å². The number of carbonyl (C=O) groups excluding carboxylic acids is 1. The number of amides is 1. The monoisotopic (exact) mass is 374 g/mol. The average molecular weight is 375 g/mol. The number of hydrogen-bond acceptors (Lipinski definition) is 3. The molecule has 1 unspecified atom stereocenters. The number of benzene rings is 2. The van der Waals surface area contributed by atoms with Crippen molar-refractivity contribution in [1.29, 1.82) is 0 Å². The van der Waals surface area contributed by atoms with Crippen molar-refractivity contribution >= 4 is 43.4 Å². The molecule has 22 heavy (non-hydrogen) atoms. The van der Waals surface area contributed by atoms with Crippen LogP contribution in [-0.4, -0.2) is 22.8 Å². The Bertz CT molecular complexity index is 797. The van der Waals surface area contributed by atoms with E-state index in [9.17, 15) is 4.79 Å². The maximum atomic E-state index is 12.6. The Morgan fingerprint density at radius 2 is 2.00 bits per heavy atom. The van der Waals surface area contributed by atoms with Gasteiger partial charge in [-0.05, 0) is 37.3 Å². The molecule has 3 nitrogen and oxygen atoms in total. The maximum absolute atomic E-state index is 12.6. The number of fused-ring (bicyclic) bond motifs is 1. The van der Waals surface area contributed by atoms with Gasteiger partial charge in [0.2, 0.25) is 0 Å². The standard InChI is InChI=1S/C17H15BrN2OS/c1-11(16-19-14-8-3-4-9-15(14)22-16)20(2)17(21)12-6-5-7-13(18)10-12/h3-11H,1-2H3. The van der Waals surface area contributed by atoms with Gasteiger partial charge in [-0.25, -0.2) is 4.98 Å². The summed E-state index contributed by atoms with van der Waals surface area (Å²) >= 11 is 5.04. The summed E-state index contributed by atoms with van der Waals surface area (Å²) < 4.78 is 2.05. The van der Waals surface area contributed by atoms with Gasteiger partial charge in [-0.1, -0.05) is 34.1 Å². The van der Waals surface area contributed by atoms with Crippen LogP contribution in [0.3, 0.4) is 0 Å². The van der Waals surface area contributed by atoms with Crippen LogP contribution in [0.5, 0.6) is 0 Å². The smallest absolute Gasteiger partial charge is 0.254 e. The molecular weight excluding hydrogens is 360 g/mol. The van der Waals surface area contributed by atoms with E-state index in [-0.39, 0.29) is 11.9 Å². The highest BCUT2D eigenvalue weighted by Gasteiger charge is 2.21. The molecule has 1 atom stereocenters. The number of hydrogen-bond donors (Lipinski definition) is 0. The first-order valence-corrected chi connectivity index (χ1v) is 8.55. The van der Waals surface area contributed by atoms with Gasteiger partial charge in [0.05, 0.1) is 16.3 Å². The van der Waals surface area contributed by atoms with Crippen molar-refractivity contribution < 1.29 is 4.79 Å². The molecule has 1 amide bonds. The van der Waals surface area contributed by atoms with Crippen LogP contribution in [0.15, 0.2) is 53.0 Å². The first kappa shape index (κ1) is 15.2. The van der Waals surface area contributed by atoms with Gasteiger partial charge in [-0.2, -0.15) is 0 Å². The number of nitrogens with zero attached hydrogens (tertiary/aromatic N) is 2. The molecule has 1 aromatic heterocycles. The molecule has 0 aliphatic heterocycles. The number of aromatic nitrogens is 1. The lowest BCUT2D eigenvalue weighted by Crippen LogP contribution is -2.29. The van der Waals surface area contributed by atoms with E-state index in [2.05, 4.69) is 27.0 Å². The zero-order valence-corrected chi connectivity index (χ0v) is 14.7. The average Bonchev–Trinajstić information content (AvgIpc) is 2.96. The maximum Gasteiger partial charge on any atom is 0.254 e. The van der Waals surface area contributed by atoms with E-state index in [0.29, 0.717) is 5.56 Å². The highest BCUT2D eigenvalue weighted by atomic mass is 79.9. The largest absolute Gasteiger partial charge is 0.333 e. The topological polar surface area (TPSA) is 33.2 Å². The number of thiazole rings is 1. The Labute approximate surface area is 141 Å². The summed E-state index contributed by atoms with van der Waals surface area (Å²) in [4.78, 5) is 19.0. The molecule has 112 valence electrons. The Hall–Kier alpha value is -1.72. The van der Waals surface area contributed by atoms with E-state index in [1.54, 1.807) is 16.2 Å². The van der Waals surface area contributed by atoms with Crippen LogP contribution >= 0.6 is 27.3 Å². The lowest BCUT2D eigenvalue weighted by Gasteiger charge is -2.23. The first-order chi connectivity index (χ1) is 10.6. The molecule has 2 aromatic carbocycles. The molecule has 0 saturated heterocycles. The second kappa shape index (κ2) is 6.18. The van der Waals surface area contributed by atoms with Crippen molar-refractivity contribution in [3.8, 4) is 0 Å². The van der Waals surface area contributed by atoms with E-state index >= 15 is 0 Å². The van der Waals surface area contributed by atoms with Gasteiger partial charge < -0.3 is 4.90 Å². The predicted molar refractivity (Wildman–Crippen MR) is 94.3 cm³/mol. The van der Waals surface area contributed by atoms with E-state index in [1.807, 2.05) is 56.4 Å². The summed E-state index contributed by atoms with van der Waals surface area (Å²) in [5.74, 6) is -0.00643. The SMILES string of the molecule is CC(c1nc2ccccc2s1)N(C)C(=O)c1cccc(Br)c1. The Kier molecular flexibility index (Phi) is 4.27. The number of rotatable bonds is 3. The van der Waals surface area contributed by atoms with Crippen LogP contribution in [0.25, 0.3) is 10.2 Å². The predicted octanol–water partition coefficient (Wildman–Crippen LogP) is 4.89. The van der Waals surface area contributed by atoms with Crippen LogP contribution in [0, 0.1) is 0 Å². The van der Waals surface area contributed by atoms with E-state index in [4.69, 9.17) is 0 Å². The third-order valence-electron chi connectivity index (χ3n) is 3.64. The van der Waals surface area contributed by atoms with Crippen molar-refractivity contribution in [3.05, 3.63) is 63.6 Å². The normalized spacial score (nSPS) is 12.3. The molecule has 0 fully saturated rings. The summed E-state index contributed by atoms with van der Waals surface area (Å²) in [6.07, 6.45) is 0. The van der Waals surface area contributed by atoms with Crippen molar-refractivity contribution in [3.63, 3.8) is 0 Å². The molecule has 3 aromatic rings. The molecule has 0 radical (unpaired) electrons. The number of carbonyl (C=O) groups is 1. The summed E-state index contributed by atoms with van der Waals surface area (Å²) in [6.45, 7) is 2.01. The third-order valence-corrected chi connectivity index (χ3v) is 5.34. The van der Waals surface area contributed by atoms with Gasteiger partial charge in [0, 0.05) is 17.1 Å². The fourth-order valence-corrected chi connectivity index (χ4v) is 3.70. The lowest BCUT2D eigenvalue weighted by atomic mass is 10.2. The first-order valence-electron chi connectivity index (χ1n) is 6.94. The molecule has 0 aliphatic carbocycles. The minimum Gasteiger partial charge on any atom is -0.333 e. The van der Waals surface area contributed by atoms with E-state index < -0.39 is 0 Å². The van der Waals surface area contributed by atoms with Gasteiger partial charge in [-0.3, -0.25) is 4.79 Å². The van der Waals surface area contributed by atoms with Crippen molar-refractivity contribution in [2.45, 2.75) is 13.0 Å². The zero-order chi connectivity index (χ0) is 15.7. The molecular formula is C17H15BrN2OS. The van der Waals surface area contributed by atoms with Crippen molar-refractivity contribution in [2.24, 2.45) is 0 Å². The highest BCUT2D eigenvalue weighted by Crippen LogP contribution is 2.29. The van der Waals surface area contributed by atoms with Gasteiger partial charge in [-0.15, -0.1) is 11.3 Å². The second-order valence-corrected chi connectivity index (χ2v) is 7.10. The molecule has 0 bridgehead atoms.